The third-order valence-electron chi connectivity index (χ3n) is 2.51. The molecule has 2 aromatic rings. The summed E-state index contributed by atoms with van der Waals surface area (Å²) in [4.78, 5) is 5.24. The minimum absolute atomic E-state index is 0.461. The molecule has 0 aliphatic rings. The molecule has 0 spiro atoms. The highest BCUT2D eigenvalue weighted by atomic mass is 35.5. The van der Waals surface area contributed by atoms with Gasteiger partial charge in [-0.25, -0.2) is 4.98 Å². The topological polar surface area (TPSA) is 57.5 Å². The summed E-state index contributed by atoms with van der Waals surface area (Å²) < 4.78 is 0. The molecule has 0 aliphatic heterocycles. The maximum Gasteiger partial charge on any atom is 0.183 e. The quantitative estimate of drug-likeness (QED) is 0.502. The first-order chi connectivity index (χ1) is 9.06. The lowest BCUT2D eigenvalue weighted by Gasteiger charge is -2.02. The van der Waals surface area contributed by atoms with Crippen molar-refractivity contribution in [2.45, 2.75) is 6.92 Å². The fourth-order valence-corrected chi connectivity index (χ4v) is 2.74. The third kappa shape index (κ3) is 2.83. The number of hydrogen-bond acceptors (Lipinski definition) is 5. The molecular weight excluding hydrogens is 305 g/mol. The summed E-state index contributed by atoms with van der Waals surface area (Å²) in [6.45, 7) is 1.72. The van der Waals surface area contributed by atoms with Crippen LogP contribution in [0.2, 0.25) is 10.0 Å². The molecule has 19 heavy (non-hydrogen) atoms. The van der Waals surface area contributed by atoms with Crippen LogP contribution in [0.3, 0.4) is 0 Å². The summed E-state index contributed by atoms with van der Waals surface area (Å²) in [6.07, 6.45) is 0. The molecular formula is C12H11Cl2N3OS. The van der Waals surface area contributed by atoms with Crippen LogP contribution in [0.1, 0.15) is 11.8 Å². The van der Waals surface area contributed by atoms with Gasteiger partial charge in [0.2, 0.25) is 0 Å². The van der Waals surface area contributed by atoms with Crippen molar-refractivity contribution in [2.75, 3.05) is 12.4 Å². The van der Waals surface area contributed by atoms with E-state index in [0.29, 0.717) is 21.5 Å². The van der Waals surface area contributed by atoms with Gasteiger partial charge in [-0.1, -0.05) is 45.8 Å². The summed E-state index contributed by atoms with van der Waals surface area (Å²) >= 11 is 13.3. The van der Waals surface area contributed by atoms with Crippen molar-refractivity contribution >= 4 is 45.4 Å². The number of halogens is 2. The summed E-state index contributed by atoms with van der Waals surface area (Å²) in [5.41, 5.74) is 2.04. The van der Waals surface area contributed by atoms with E-state index in [1.54, 1.807) is 26.1 Å². The van der Waals surface area contributed by atoms with Gasteiger partial charge in [-0.3, -0.25) is 0 Å². The predicted octanol–water partition coefficient (Wildman–Crippen LogP) is 4.36. The van der Waals surface area contributed by atoms with Crippen molar-refractivity contribution in [1.29, 1.82) is 0 Å². The van der Waals surface area contributed by atoms with Gasteiger partial charge in [0.1, 0.15) is 0 Å². The van der Waals surface area contributed by atoms with Gasteiger partial charge in [0.05, 0.1) is 26.3 Å². The van der Waals surface area contributed by atoms with Crippen LogP contribution < -0.4 is 5.32 Å². The van der Waals surface area contributed by atoms with Gasteiger partial charge in [0, 0.05) is 12.6 Å². The Hall–Kier alpha value is -1.30. The van der Waals surface area contributed by atoms with E-state index in [1.807, 2.05) is 6.07 Å². The van der Waals surface area contributed by atoms with Gasteiger partial charge in [0.25, 0.3) is 0 Å². The van der Waals surface area contributed by atoms with Gasteiger partial charge in [-0.2, -0.15) is 0 Å². The average Bonchev–Trinajstić information content (AvgIpc) is 2.85. The second kappa shape index (κ2) is 5.77. The highest BCUT2D eigenvalue weighted by molar-refractivity contribution is 7.18. The Balaban J connectivity index is 2.60. The van der Waals surface area contributed by atoms with Crippen molar-refractivity contribution in [3.63, 3.8) is 0 Å². The Labute approximate surface area is 124 Å². The van der Waals surface area contributed by atoms with E-state index < -0.39 is 0 Å². The zero-order valence-corrected chi connectivity index (χ0v) is 12.6. The van der Waals surface area contributed by atoms with Crippen LogP contribution in [-0.2, 0) is 0 Å². The van der Waals surface area contributed by atoms with Gasteiger partial charge >= 0.3 is 0 Å². The molecule has 2 N–H and O–H groups in total. The van der Waals surface area contributed by atoms with Crippen LogP contribution in [-0.4, -0.2) is 23.0 Å². The second-order valence-corrected chi connectivity index (χ2v) is 5.57. The molecule has 0 amide bonds. The Morgan fingerprint density at radius 1 is 1.37 bits per heavy atom. The number of rotatable bonds is 3. The fourth-order valence-electron chi connectivity index (χ4n) is 1.56. The van der Waals surface area contributed by atoms with Gasteiger partial charge in [-0.15, -0.1) is 0 Å². The molecule has 0 aliphatic carbocycles. The SMILES string of the molecule is CNc1nc(-c2ccc(Cl)c(Cl)c2)c(/C(C)=N/O)s1. The Morgan fingerprint density at radius 3 is 2.68 bits per heavy atom. The van der Waals surface area contributed by atoms with E-state index in [4.69, 9.17) is 28.4 Å². The number of anilines is 1. The Morgan fingerprint density at radius 2 is 2.11 bits per heavy atom. The number of nitrogens with zero attached hydrogens (tertiary/aromatic N) is 2. The summed E-state index contributed by atoms with van der Waals surface area (Å²) in [5.74, 6) is 0. The molecule has 0 atom stereocenters. The molecule has 1 aromatic carbocycles. The molecule has 2 rings (SSSR count). The lowest BCUT2D eigenvalue weighted by molar-refractivity contribution is 0.319. The Bertz CT molecular complexity index is 640. The van der Waals surface area contributed by atoms with Gasteiger partial charge in [-0.05, 0) is 19.1 Å². The first-order valence-corrected chi connectivity index (χ1v) is 6.97. The minimum atomic E-state index is 0.461. The van der Waals surface area contributed by atoms with Crippen LogP contribution in [0, 0.1) is 0 Å². The lowest BCUT2D eigenvalue weighted by Crippen LogP contribution is -1.94. The highest BCUT2D eigenvalue weighted by Crippen LogP contribution is 2.34. The van der Waals surface area contributed by atoms with Crippen molar-refractivity contribution in [2.24, 2.45) is 5.16 Å². The third-order valence-corrected chi connectivity index (χ3v) is 4.43. The van der Waals surface area contributed by atoms with Gasteiger partial charge in [0.15, 0.2) is 5.13 Å². The zero-order chi connectivity index (χ0) is 14.0. The molecule has 0 bridgehead atoms. The summed E-state index contributed by atoms with van der Waals surface area (Å²) in [5, 5.41) is 16.8. The number of benzene rings is 1. The van der Waals surface area contributed by atoms with E-state index in [9.17, 15) is 0 Å². The molecule has 1 heterocycles. The van der Waals surface area contributed by atoms with Gasteiger partial charge < -0.3 is 10.5 Å². The largest absolute Gasteiger partial charge is 0.411 e. The molecule has 0 fully saturated rings. The second-order valence-electron chi connectivity index (χ2n) is 3.76. The molecule has 100 valence electrons. The number of oxime groups is 1. The van der Waals surface area contributed by atoms with Crippen LogP contribution in [0.4, 0.5) is 5.13 Å². The summed E-state index contributed by atoms with van der Waals surface area (Å²) in [6, 6.07) is 5.29. The molecule has 0 radical (unpaired) electrons. The highest BCUT2D eigenvalue weighted by Gasteiger charge is 2.16. The van der Waals surface area contributed by atoms with Crippen LogP contribution >= 0.6 is 34.5 Å². The van der Waals surface area contributed by atoms with Crippen LogP contribution in [0.15, 0.2) is 23.4 Å². The number of aromatic nitrogens is 1. The number of hydrogen-bond donors (Lipinski definition) is 2. The maximum atomic E-state index is 8.94. The average molecular weight is 316 g/mol. The zero-order valence-electron chi connectivity index (χ0n) is 10.2. The molecule has 0 unspecified atom stereocenters. The summed E-state index contributed by atoms with van der Waals surface area (Å²) in [7, 11) is 1.78. The van der Waals surface area contributed by atoms with Crippen LogP contribution in [0.5, 0.6) is 0 Å². The predicted molar refractivity (Wildman–Crippen MR) is 81.1 cm³/mol. The minimum Gasteiger partial charge on any atom is -0.411 e. The smallest absolute Gasteiger partial charge is 0.183 e. The molecule has 1 aromatic heterocycles. The van der Waals surface area contributed by atoms with E-state index in [1.165, 1.54) is 11.3 Å². The standard InChI is InChI=1S/C12H11Cl2N3OS/c1-6(17-18)11-10(16-12(15-2)19-11)7-3-4-8(13)9(14)5-7/h3-5,18H,1-2H3,(H,15,16)/b17-6+. The first kappa shape index (κ1) is 14.1. The van der Waals surface area contributed by atoms with E-state index in [0.717, 1.165) is 15.6 Å². The fraction of sp³-hybridized carbons (Fsp3) is 0.167. The van der Waals surface area contributed by atoms with Crippen molar-refractivity contribution in [1.82, 2.24) is 4.98 Å². The normalized spacial score (nSPS) is 11.7. The van der Waals surface area contributed by atoms with Crippen LogP contribution in [0.25, 0.3) is 11.3 Å². The Kier molecular flexibility index (Phi) is 4.29. The molecule has 0 saturated heterocycles. The number of nitrogens with one attached hydrogen (secondary N) is 1. The lowest BCUT2D eigenvalue weighted by atomic mass is 10.1. The van der Waals surface area contributed by atoms with Crippen molar-refractivity contribution < 1.29 is 5.21 Å². The monoisotopic (exact) mass is 315 g/mol. The molecule has 0 saturated carbocycles. The molecule has 4 nitrogen and oxygen atoms in total. The maximum absolute atomic E-state index is 8.94. The van der Waals surface area contributed by atoms with E-state index >= 15 is 0 Å². The van der Waals surface area contributed by atoms with E-state index in [-0.39, 0.29) is 0 Å². The molecule has 7 heteroatoms. The number of thiazole rings is 1. The first-order valence-electron chi connectivity index (χ1n) is 5.40. The van der Waals surface area contributed by atoms with E-state index in [2.05, 4.69) is 15.5 Å². The van der Waals surface area contributed by atoms with Crippen molar-refractivity contribution in [3.8, 4) is 11.3 Å². The van der Waals surface area contributed by atoms with Crippen molar-refractivity contribution in [3.05, 3.63) is 33.1 Å².